The van der Waals surface area contributed by atoms with Gasteiger partial charge in [0.2, 0.25) is 11.6 Å². The third kappa shape index (κ3) is 2.74. The quantitative estimate of drug-likeness (QED) is 0.732. The summed E-state index contributed by atoms with van der Waals surface area (Å²) in [6.45, 7) is -1.57. The van der Waals surface area contributed by atoms with Crippen molar-refractivity contribution in [1.29, 1.82) is 0 Å². The maximum atomic E-state index is 13.3. The molecule has 0 N–H and O–H groups in total. The summed E-state index contributed by atoms with van der Waals surface area (Å²) < 4.78 is 58.2. The largest absolute Gasteiger partial charge is 0.491 e. The summed E-state index contributed by atoms with van der Waals surface area (Å²) in [7, 11) is 0. The van der Waals surface area contributed by atoms with E-state index in [-0.39, 0.29) is 12.4 Å². The fourth-order valence-electron chi connectivity index (χ4n) is 0.979. The van der Waals surface area contributed by atoms with Crippen LogP contribution in [0.1, 0.15) is 6.92 Å². The minimum atomic E-state index is -3.29. The Morgan fingerprint density at radius 1 is 1.27 bits per heavy atom. The first-order chi connectivity index (χ1) is 7.06. The Bertz CT molecular complexity index is 341. The average Bonchev–Trinajstić information content (AvgIpc) is 2.17. The maximum Gasteiger partial charge on any atom is 0.387 e. The third-order valence-electron chi connectivity index (χ3n) is 1.52. The number of hydrogen-bond donors (Lipinski definition) is 0. The van der Waals surface area contributed by atoms with E-state index in [1.54, 1.807) is 6.92 Å². The van der Waals surface area contributed by atoms with Crippen LogP contribution in [0.2, 0.25) is 0 Å². The van der Waals surface area contributed by atoms with E-state index in [4.69, 9.17) is 4.74 Å². The molecular weight excluding hydrogens is 216 g/mol. The minimum absolute atomic E-state index is 0.136. The molecule has 0 amide bonds. The highest BCUT2D eigenvalue weighted by Crippen LogP contribution is 2.30. The van der Waals surface area contributed by atoms with Crippen LogP contribution in [0.3, 0.4) is 0 Å². The van der Waals surface area contributed by atoms with Crippen molar-refractivity contribution in [2.75, 3.05) is 6.61 Å². The molecule has 1 aromatic rings. The van der Waals surface area contributed by atoms with E-state index in [0.29, 0.717) is 0 Å². The molecule has 0 atom stereocenters. The van der Waals surface area contributed by atoms with Crippen LogP contribution in [0.15, 0.2) is 12.1 Å². The Balaban J connectivity index is 3.06. The number of halogens is 4. The van der Waals surface area contributed by atoms with Crippen molar-refractivity contribution in [3.8, 4) is 11.5 Å². The zero-order chi connectivity index (χ0) is 11.4. The van der Waals surface area contributed by atoms with Crippen LogP contribution in [-0.2, 0) is 0 Å². The maximum absolute atomic E-state index is 13.3. The molecule has 6 heteroatoms. The van der Waals surface area contributed by atoms with E-state index in [1.165, 1.54) is 0 Å². The van der Waals surface area contributed by atoms with Crippen LogP contribution in [0.4, 0.5) is 17.6 Å². The molecule has 2 nitrogen and oxygen atoms in total. The molecule has 0 bridgehead atoms. The molecule has 0 saturated carbocycles. The van der Waals surface area contributed by atoms with Crippen molar-refractivity contribution in [3.63, 3.8) is 0 Å². The number of ether oxygens (including phenoxy) is 2. The van der Waals surface area contributed by atoms with Crippen LogP contribution in [0, 0.1) is 11.6 Å². The summed E-state index contributed by atoms with van der Waals surface area (Å²) in [5, 5.41) is 0. The minimum Gasteiger partial charge on any atom is -0.491 e. The Kier molecular flexibility index (Phi) is 3.76. The molecule has 15 heavy (non-hydrogen) atoms. The molecule has 1 aromatic carbocycles. The SMILES string of the molecule is CCOc1ccc(F)c(OC(F)F)c1F. The second-order valence-corrected chi connectivity index (χ2v) is 2.50. The first-order valence-corrected chi connectivity index (χ1v) is 4.11. The fourth-order valence-corrected chi connectivity index (χ4v) is 0.979. The van der Waals surface area contributed by atoms with Gasteiger partial charge in [0, 0.05) is 0 Å². The van der Waals surface area contributed by atoms with Gasteiger partial charge in [0.1, 0.15) is 0 Å². The van der Waals surface area contributed by atoms with Gasteiger partial charge in [0.25, 0.3) is 0 Å². The summed E-state index contributed by atoms with van der Waals surface area (Å²) >= 11 is 0. The Morgan fingerprint density at radius 3 is 2.47 bits per heavy atom. The summed E-state index contributed by atoms with van der Waals surface area (Å²) in [5.41, 5.74) is 0. The zero-order valence-electron chi connectivity index (χ0n) is 7.77. The second-order valence-electron chi connectivity index (χ2n) is 2.50. The monoisotopic (exact) mass is 224 g/mol. The summed E-state index contributed by atoms with van der Waals surface area (Å²) in [4.78, 5) is 0. The molecular formula is C9H8F4O2. The molecule has 1 rings (SSSR count). The van der Waals surface area contributed by atoms with Crippen molar-refractivity contribution in [1.82, 2.24) is 0 Å². The standard InChI is InChI=1S/C9H8F4O2/c1-2-14-6-4-3-5(10)8(7(6)11)15-9(12)13/h3-4,9H,2H2,1H3. The molecule has 84 valence electrons. The van der Waals surface area contributed by atoms with E-state index in [1.807, 2.05) is 0 Å². The van der Waals surface area contributed by atoms with Gasteiger partial charge in [-0.05, 0) is 19.1 Å². The van der Waals surface area contributed by atoms with Crippen LogP contribution < -0.4 is 9.47 Å². The lowest BCUT2D eigenvalue weighted by Crippen LogP contribution is -2.07. The van der Waals surface area contributed by atoms with E-state index in [9.17, 15) is 17.6 Å². The van der Waals surface area contributed by atoms with Crippen LogP contribution >= 0.6 is 0 Å². The molecule has 0 fully saturated rings. The van der Waals surface area contributed by atoms with E-state index >= 15 is 0 Å². The predicted molar refractivity (Wildman–Crippen MR) is 44.2 cm³/mol. The number of alkyl halides is 2. The molecule has 0 aliphatic carbocycles. The van der Waals surface area contributed by atoms with Gasteiger partial charge >= 0.3 is 6.61 Å². The lowest BCUT2D eigenvalue weighted by atomic mass is 10.3. The van der Waals surface area contributed by atoms with Crippen LogP contribution in [0.25, 0.3) is 0 Å². The predicted octanol–water partition coefficient (Wildman–Crippen LogP) is 2.96. The van der Waals surface area contributed by atoms with Crippen molar-refractivity contribution in [2.45, 2.75) is 13.5 Å². The summed E-state index contributed by atoms with van der Waals surface area (Å²) in [5.74, 6) is -3.92. The molecule has 0 aliphatic heterocycles. The number of rotatable bonds is 4. The lowest BCUT2D eigenvalue weighted by Gasteiger charge is -2.10. The van der Waals surface area contributed by atoms with Gasteiger partial charge in [-0.1, -0.05) is 0 Å². The van der Waals surface area contributed by atoms with Gasteiger partial charge in [-0.3, -0.25) is 0 Å². The van der Waals surface area contributed by atoms with Gasteiger partial charge in [0.05, 0.1) is 6.61 Å². The average molecular weight is 224 g/mol. The topological polar surface area (TPSA) is 18.5 Å². The van der Waals surface area contributed by atoms with Crippen molar-refractivity contribution >= 4 is 0 Å². The third-order valence-corrected chi connectivity index (χ3v) is 1.52. The summed E-state index contributed by atoms with van der Waals surface area (Å²) in [6.07, 6.45) is 0. The highest BCUT2D eigenvalue weighted by atomic mass is 19.3. The Morgan fingerprint density at radius 2 is 1.93 bits per heavy atom. The van der Waals surface area contributed by atoms with Crippen molar-refractivity contribution in [2.24, 2.45) is 0 Å². The van der Waals surface area contributed by atoms with E-state index in [0.717, 1.165) is 12.1 Å². The molecule has 0 spiro atoms. The second kappa shape index (κ2) is 4.86. The lowest BCUT2D eigenvalue weighted by molar-refractivity contribution is -0.0548. The smallest absolute Gasteiger partial charge is 0.387 e. The Labute approximate surface area is 83.4 Å². The van der Waals surface area contributed by atoms with Crippen molar-refractivity contribution < 1.29 is 27.0 Å². The van der Waals surface area contributed by atoms with Gasteiger partial charge in [-0.2, -0.15) is 13.2 Å². The normalized spacial score (nSPS) is 10.5. The van der Waals surface area contributed by atoms with E-state index in [2.05, 4.69) is 4.74 Å². The highest BCUT2D eigenvalue weighted by Gasteiger charge is 2.19. The van der Waals surface area contributed by atoms with Gasteiger partial charge in [-0.25, -0.2) is 4.39 Å². The first kappa shape index (κ1) is 11.6. The molecule has 0 aliphatic rings. The molecule has 0 radical (unpaired) electrons. The number of hydrogen-bond acceptors (Lipinski definition) is 2. The fraction of sp³-hybridized carbons (Fsp3) is 0.333. The molecule has 0 heterocycles. The van der Waals surface area contributed by atoms with E-state index < -0.39 is 24.0 Å². The van der Waals surface area contributed by atoms with Gasteiger partial charge in [-0.15, -0.1) is 0 Å². The molecule has 0 aromatic heterocycles. The Hall–Kier alpha value is -1.46. The molecule has 0 unspecified atom stereocenters. The van der Waals surface area contributed by atoms with Crippen LogP contribution in [0.5, 0.6) is 11.5 Å². The van der Waals surface area contributed by atoms with Crippen molar-refractivity contribution in [3.05, 3.63) is 23.8 Å². The van der Waals surface area contributed by atoms with Crippen LogP contribution in [-0.4, -0.2) is 13.2 Å². The number of benzene rings is 1. The van der Waals surface area contributed by atoms with Gasteiger partial charge in [0.15, 0.2) is 11.6 Å². The highest BCUT2D eigenvalue weighted by molar-refractivity contribution is 5.37. The first-order valence-electron chi connectivity index (χ1n) is 4.11. The summed E-state index contributed by atoms with van der Waals surface area (Å²) in [6, 6.07) is 1.80. The molecule has 0 saturated heterocycles. The van der Waals surface area contributed by atoms with Gasteiger partial charge < -0.3 is 9.47 Å². The zero-order valence-corrected chi connectivity index (χ0v) is 7.77.